The van der Waals surface area contributed by atoms with Gasteiger partial charge >= 0.3 is 5.97 Å². The summed E-state index contributed by atoms with van der Waals surface area (Å²) in [6, 6.07) is -0.691. The van der Waals surface area contributed by atoms with E-state index in [4.69, 9.17) is 4.74 Å². The molecule has 1 amide bonds. The molecule has 0 aliphatic heterocycles. The Labute approximate surface area is 343 Å². The molecule has 0 aliphatic rings. The first-order valence-electron chi connectivity index (χ1n) is 24.8. The Morgan fingerprint density at radius 3 is 1.11 bits per heavy atom. The summed E-state index contributed by atoms with van der Waals surface area (Å²) in [6.45, 7) is 6.49. The van der Waals surface area contributed by atoms with Crippen LogP contribution in [-0.2, 0) is 14.3 Å². The van der Waals surface area contributed by atoms with Crippen LogP contribution in [0.4, 0.5) is 0 Å². The van der Waals surface area contributed by atoms with Crippen LogP contribution < -0.4 is 5.32 Å². The maximum absolute atomic E-state index is 13.1. The molecule has 0 saturated heterocycles. The highest BCUT2D eigenvalue weighted by Gasteiger charge is 2.24. The third-order valence-corrected chi connectivity index (χ3v) is 11.7. The number of amides is 1. The summed E-state index contributed by atoms with van der Waals surface area (Å²) in [6.07, 6.45) is 45.9. The van der Waals surface area contributed by atoms with Crippen LogP contribution in [0.15, 0.2) is 0 Å². The van der Waals surface area contributed by atoms with E-state index in [1.54, 1.807) is 0 Å². The van der Waals surface area contributed by atoms with Gasteiger partial charge in [0.25, 0.3) is 0 Å². The number of ether oxygens (including phenoxy) is 1. The van der Waals surface area contributed by atoms with Crippen LogP contribution in [0.2, 0.25) is 0 Å². The first kappa shape index (κ1) is 53.9. The van der Waals surface area contributed by atoms with E-state index in [2.05, 4.69) is 26.1 Å². The van der Waals surface area contributed by atoms with Gasteiger partial charge in [0.15, 0.2) is 0 Å². The zero-order valence-electron chi connectivity index (χ0n) is 37.3. The highest BCUT2D eigenvalue weighted by molar-refractivity contribution is 5.77. The number of esters is 1. The summed E-state index contributed by atoms with van der Waals surface area (Å²) >= 11 is 0. The molecule has 3 N–H and O–H groups in total. The number of rotatable bonds is 45. The van der Waals surface area contributed by atoms with Crippen LogP contribution in [-0.4, -0.2) is 46.9 Å². The van der Waals surface area contributed by atoms with Crippen molar-refractivity contribution in [3.8, 4) is 0 Å². The van der Waals surface area contributed by atoms with Crippen molar-refractivity contribution in [3.05, 3.63) is 0 Å². The van der Waals surface area contributed by atoms with E-state index < -0.39 is 18.2 Å². The Balaban J connectivity index is 4.49. The molecule has 0 aliphatic carbocycles. The van der Waals surface area contributed by atoms with Gasteiger partial charge in [-0.1, -0.05) is 239 Å². The van der Waals surface area contributed by atoms with Gasteiger partial charge in [-0.3, -0.25) is 9.59 Å². The number of hydrogen-bond acceptors (Lipinski definition) is 5. The Kier molecular flexibility index (Phi) is 43.1. The van der Waals surface area contributed by atoms with Gasteiger partial charge in [0.2, 0.25) is 5.91 Å². The lowest BCUT2D eigenvalue weighted by Crippen LogP contribution is -2.46. The largest absolute Gasteiger partial charge is 0.462 e. The van der Waals surface area contributed by atoms with Gasteiger partial charge in [-0.05, 0) is 25.7 Å². The summed E-state index contributed by atoms with van der Waals surface area (Å²) in [7, 11) is 0. The van der Waals surface area contributed by atoms with Crippen LogP contribution >= 0.6 is 0 Å². The minimum Gasteiger partial charge on any atom is -0.462 e. The second kappa shape index (κ2) is 44.0. The average molecular weight is 780 g/mol. The average Bonchev–Trinajstić information content (AvgIpc) is 3.18. The van der Waals surface area contributed by atoms with Crippen LogP contribution in [0.3, 0.4) is 0 Å². The van der Waals surface area contributed by atoms with E-state index in [9.17, 15) is 19.8 Å². The number of hydrogen-bond donors (Lipinski definition) is 3. The molecule has 0 rings (SSSR count). The SMILES string of the molecule is CCCCCCCCCCCCCCCCC(CC(=O)NC(CO)C(O)CCCCCCCCCCCCCCC)OC(=O)CCCCCCCCCCC. The molecule has 55 heavy (non-hydrogen) atoms. The van der Waals surface area contributed by atoms with E-state index in [0.717, 1.165) is 44.9 Å². The van der Waals surface area contributed by atoms with Gasteiger partial charge in [-0.25, -0.2) is 0 Å². The highest BCUT2D eigenvalue weighted by atomic mass is 16.5. The monoisotopic (exact) mass is 780 g/mol. The fourth-order valence-electron chi connectivity index (χ4n) is 7.90. The fraction of sp³-hybridized carbons (Fsp3) is 0.959. The van der Waals surface area contributed by atoms with Crippen LogP contribution in [0, 0.1) is 0 Å². The number of aliphatic hydroxyl groups excluding tert-OH is 2. The van der Waals surface area contributed by atoms with Crippen LogP contribution in [0.1, 0.15) is 278 Å². The van der Waals surface area contributed by atoms with Crippen molar-refractivity contribution in [1.82, 2.24) is 5.32 Å². The van der Waals surface area contributed by atoms with Crippen molar-refractivity contribution >= 4 is 11.9 Å². The lowest BCUT2D eigenvalue weighted by Gasteiger charge is -2.24. The van der Waals surface area contributed by atoms with Gasteiger partial charge in [0.1, 0.15) is 6.10 Å². The standard InChI is InChI=1S/C49H97NO5/c1-4-7-10-13-16-19-21-23-25-26-29-31-34-37-40-45(55-49(54)42-39-36-33-28-18-15-12-9-6-3)43-48(53)50-46(44-51)47(52)41-38-35-32-30-27-24-22-20-17-14-11-8-5-2/h45-47,51-52H,4-44H2,1-3H3,(H,50,53). The molecule has 3 unspecified atom stereocenters. The molecule has 0 fully saturated rings. The maximum Gasteiger partial charge on any atom is 0.306 e. The molecule has 0 spiro atoms. The van der Waals surface area contributed by atoms with Crippen molar-refractivity contribution in [2.75, 3.05) is 6.61 Å². The third-order valence-electron chi connectivity index (χ3n) is 11.7. The fourth-order valence-corrected chi connectivity index (χ4v) is 7.90. The molecule has 0 aromatic carbocycles. The molecule has 6 heteroatoms. The Hall–Kier alpha value is -1.14. The summed E-state index contributed by atoms with van der Waals surface area (Å²) in [4.78, 5) is 26.0. The minimum absolute atomic E-state index is 0.0872. The zero-order chi connectivity index (χ0) is 40.3. The zero-order valence-corrected chi connectivity index (χ0v) is 37.3. The van der Waals surface area contributed by atoms with E-state index in [0.29, 0.717) is 19.3 Å². The van der Waals surface area contributed by atoms with Gasteiger partial charge in [0, 0.05) is 6.42 Å². The lowest BCUT2D eigenvalue weighted by molar-refractivity contribution is -0.151. The maximum atomic E-state index is 13.1. The molecule has 0 aromatic heterocycles. The van der Waals surface area contributed by atoms with E-state index in [1.165, 1.54) is 186 Å². The molecule has 6 nitrogen and oxygen atoms in total. The van der Waals surface area contributed by atoms with Gasteiger partial charge in [-0.2, -0.15) is 0 Å². The van der Waals surface area contributed by atoms with E-state index in [-0.39, 0.29) is 24.9 Å². The van der Waals surface area contributed by atoms with Crippen LogP contribution in [0.25, 0.3) is 0 Å². The Morgan fingerprint density at radius 2 is 0.764 bits per heavy atom. The molecule has 3 atom stereocenters. The lowest BCUT2D eigenvalue weighted by atomic mass is 10.0. The normalized spacial score (nSPS) is 13.2. The molecular weight excluding hydrogens is 683 g/mol. The van der Waals surface area contributed by atoms with E-state index in [1.807, 2.05) is 0 Å². The second-order valence-electron chi connectivity index (χ2n) is 17.2. The quantitative estimate of drug-likeness (QED) is 0.0422. The molecule has 0 heterocycles. The highest BCUT2D eigenvalue weighted by Crippen LogP contribution is 2.18. The number of aliphatic hydroxyl groups is 2. The first-order chi connectivity index (χ1) is 27.0. The van der Waals surface area contributed by atoms with Gasteiger partial charge < -0.3 is 20.3 Å². The van der Waals surface area contributed by atoms with Gasteiger partial charge in [-0.15, -0.1) is 0 Å². The van der Waals surface area contributed by atoms with Gasteiger partial charge in [0.05, 0.1) is 25.2 Å². The molecule has 0 saturated carbocycles. The summed E-state index contributed by atoms with van der Waals surface area (Å²) in [5.74, 6) is -0.457. The predicted molar refractivity (Wildman–Crippen MR) is 237 cm³/mol. The summed E-state index contributed by atoms with van der Waals surface area (Å²) in [5.41, 5.74) is 0. The number of unbranched alkanes of at least 4 members (excludes halogenated alkanes) is 33. The third kappa shape index (κ3) is 39.5. The van der Waals surface area contributed by atoms with E-state index >= 15 is 0 Å². The number of carbonyl (C=O) groups is 2. The Bertz CT molecular complexity index is 791. The van der Waals surface area contributed by atoms with Crippen molar-refractivity contribution in [2.24, 2.45) is 0 Å². The number of carbonyl (C=O) groups excluding carboxylic acids is 2. The van der Waals surface area contributed by atoms with Crippen molar-refractivity contribution in [2.45, 2.75) is 296 Å². The molecular formula is C49H97NO5. The predicted octanol–water partition coefficient (Wildman–Crippen LogP) is 14.4. The topological polar surface area (TPSA) is 95.9 Å². The van der Waals surface area contributed by atoms with Crippen molar-refractivity contribution in [3.63, 3.8) is 0 Å². The molecule has 0 aromatic rings. The molecule has 0 bridgehead atoms. The van der Waals surface area contributed by atoms with Crippen LogP contribution in [0.5, 0.6) is 0 Å². The van der Waals surface area contributed by atoms with Crippen molar-refractivity contribution in [1.29, 1.82) is 0 Å². The Morgan fingerprint density at radius 1 is 0.455 bits per heavy atom. The molecule has 0 radical (unpaired) electrons. The van der Waals surface area contributed by atoms with Crippen molar-refractivity contribution < 1.29 is 24.5 Å². The summed E-state index contributed by atoms with van der Waals surface area (Å²) < 4.78 is 5.91. The smallest absolute Gasteiger partial charge is 0.306 e. The first-order valence-corrected chi connectivity index (χ1v) is 24.8. The molecule has 328 valence electrons. The summed E-state index contributed by atoms with van der Waals surface area (Å²) in [5, 5.41) is 23.7. The second-order valence-corrected chi connectivity index (χ2v) is 17.2. The minimum atomic E-state index is -0.778. The number of nitrogens with one attached hydrogen (secondary N) is 1.